The minimum absolute atomic E-state index is 0.0121. The van der Waals surface area contributed by atoms with E-state index in [0.717, 1.165) is 17.9 Å². The third-order valence-corrected chi connectivity index (χ3v) is 2.71. The minimum Gasteiger partial charge on any atom is -0.491 e. The largest absolute Gasteiger partial charge is 0.491 e. The first-order valence-electron chi connectivity index (χ1n) is 6.41. The third-order valence-electron chi connectivity index (χ3n) is 2.71. The molecule has 0 saturated carbocycles. The molecule has 18 heavy (non-hydrogen) atoms. The van der Waals surface area contributed by atoms with Gasteiger partial charge in [-0.25, -0.2) is 0 Å². The lowest BCUT2D eigenvalue weighted by Crippen LogP contribution is -2.27. The first-order valence-corrected chi connectivity index (χ1v) is 6.41. The van der Waals surface area contributed by atoms with Gasteiger partial charge in [-0.1, -0.05) is 27.7 Å². The van der Waals surface area contributed by atoms with Gasteiger partial charge in [0.2, 0.25) is 5.91 Å². The highest BCUT2D eigenvalue weighted by molar-refractivity contribution is 5.94. The Balaban J connectivity index is 2.63. The second-order valence-electron chi connectivity index (χ2n) is 5.57. The van der Waals surface area contributed by atoms with Gasteiger partial charge in [0.15, 0.2) is 0 Å². The summed E-state index contributed by atoms with van der Waals surface area (Å²) in [7, 11) is 0. The Morgan fingerprint density at radius 2 is 1.83 bits per heavy atom. The fraction of sp³-hybridized carbons (Fsp3) is 0.533. The van der Waals surface area contributed by atoms with Crippen LogP contribution in [0.1, 0.15) is 41.0 Å². The quantitative estimate of drug-likeness (QED) is 0.880. The Morgan fingerprint density at radius 3 is 2.28 bits per heavy atom. The van der Waals surface area contributed by atoms with Gasteiger partial charge in [0, 0.05) is 11.1 Å². The molecular formula is C15H23NO2. The van der Waals surface area contributed by atoms with Crippen molar-refractivity contribution in [3.05, 3.63) is 24.3 Å². The van der Waals surface area contributed by atoms with Gasteiger partial charge in [-0.2, -0.15) is 0 Å². The van der Waals surface area contributed by atoms with Crippen molar-refractivity contribution in [1.82, 2.24) is 0 Å². The SMILES string of the molecule is CC[C@H](C)Oc1ccc(NC(=O)C(C)(C)C)cc1. The van der Waals surface area contributed by atoms with Crippen LogP contribution < -0.4 is 10.1 Å². The van der Waals surface area contributed by atoms with E-state index in [1.165, 1.54) is 0 Å². The molecule has 0 bridgehead atoms. The molecule has 1 aromatic rings. The first-order chi connectivity index (χ1) is 8.32. The van der Waals surface area contributed by atoms with Gasteiger partial charge in [0.25, 0.3) is 0 Å². The van der Waals surface area contributed by atoms with E-state index in [1.807, 2.05) is 52.0 Å². The van der Waals surface area contributed by atoms with E-state index in [-0.39, 0.29) is 17.4 Å². The van der Waals surface area contributed by atoms with Crippen molar-refractivity contribution in [3.63, 3.8) is 0 Å². The molecule has 100 valence electrons. The lowest BCUT2D eigenvalue weighted by atomic mass is 9.95. The molecule has 0 aliphatic carbocycles. The van der Waals surface area contributed by atoms with Crippen molar-refractivity contribution in [2.75, 3.05) is 5.32 Å². The molecule has 0 aliphatic heterocycles. The second-order valence-corrected chi connectivity index (χ2v) is 5.57. The molecule has 1 N–H and O–H groups in total. The number of rotatable bonds is 4. The predicted molar refractivity (Wildman–Crippen MR) is 74.9 cm³/mol. The molecule has 0 unspecified atom stereocenters. The molecule has 0 spiro atoms. The van der Waals surface area contributed by atoms with Crippen LogP contribution in [0.15, 0.2) is 24.3 Å². The van der Waals surface area contributed by atoms with Crippen LogP contribution in [0.2, 0.25) is 0 Å². The Kier molecular flexibility index (Phi) is 4.76. The van der Waals surface area contributed by atoms with Crippen molar-refractivity contribution >= 4 is 11.6 Å². The lowest BCUT2D eigenvalue weighted by Gasteiger charge is -2.18. The van der Waals surface area contributed by atoms with Gasteiger partial charge in [-0.3, -0.25) is 4.79 Å². The molecule has 0 saturated heterocycles. The summed E-state index contributed by atoms with van der Waals surface area (Å²) in [6.07, 6.45) is 1.18. The van der Waals surface area contributed by atoms with E-state index in [4.69, 9.17) is 4.74 Å². The van der Waals surface area contributed by atoms with Crippen LogP contribution >= 0.6 is 0 Å². The molecule has 0 heterocycles. The van der Waals surface area contributed by atoms with E-state index in [2.05, 4.69) is 12.2 Å². The summed E-state index contributed by atoms with van der Waals surface area (Å²) in [4.78, 5) is 11.8. The highest BCUT2D eigenvalue weighted by atomic mass is 16.5. The van der Waals surface area contributed by atoms with E-state index < -0.39 is 0 Å². The zero-order valence-electron chi connectivity index (χ0n) is 11.9. The van der Waals surface area contributed by atoms with Gasteiger partial charge in [-0.05, 0) is 37.6 Å². The number of carbonyl (C=O) groups excluding carboxylic acids is 1. The van der Waals surface area contributed by atoms with E-state index in [9.17, 15) is 4.79 Å². The molecule has 3 nitrogen and oxygen atoms in total. The number of nitrogens with one attached hydrogen (secondary N) is 1. The average Bonchev–Trinajstić information content (AvgIpc) is 2.30. The van der Waals surface area contributed by atoms with Gasteiger partial charge < -0.3 is 10.1 Å². The molecule has 0 radical (unpaired) electrons. The number of anilines is 1. The maximum absolute atomic E-state index is 11.8. The molecular weight excluding hydrogens is 226 g/mol. The first kappa shape index (κ1) is 14.6. The third kappa shape index (κ3) is 4.40. The highest BCUT2D eigenvalue weighted by Gasteiger charge is 2.20. The number of ether oxygens (including phenoxy) is 1. The Bertz CT molecular complexity index is 390. The summed E-state index contributed by atoms with van der Waals surface area (Å²) in [5.41, 5.74) is 0.415. The lowest BCUT2D eigenvalue weighted by molar-refractivity contribution is -0.123. The maximum atomic E-state index is 11.8. The van der Waals surface area contributed by atoms with E-state index in [0.29, 0.717) is 0 Å². The van der Waals surface area contributed by atoms with Crippen molar-refractivity contribution in [2.24, 2.45) is 5.41 Å². The van der Waals surface area contributed by atoms with Crippen LogP contribution in [0.3, 0.4) is 0 Å². The topological polar surface area (TPSA) is 38.3 Å². The number of hydrogen-bond acceptors (Lipinski definition) is 2. The number of carbonyl (C=O) groups is 1. The number of amides is 1. The zero-order chi connectivity index (χ0) is 13.8. The fourth-order valence-electron chi connectivity index (χ4n) is 1.25. The summed E-state index contributed by atoms with van der Waals surface area (Å²) >= 11 is 0. The molecule has 0 aliphatic rings. The van der Waals surface area contributed by atoms with Gasteiger partial charge >= 0.3 is 0 Å². The summed E-state index contributed by atoms with van der Waals surface area (Å²) in [5, 5.41) is 2.88. The van der Waals surface area contributed by atoms with Crippen molar-refractivity contribution in [1.29, 1.82) is 0 Å². The van der Waals surface area contributed by atoms with E-state index >= 15 is 0 Å². The summed E-state index contributed by atoms with van der Waals surface area (Å²) < 4.78 is 5.68. The predicted octanol–water partition coefficient (Wildman–Crippen LogP) is 3.85. The van der Waals surface area contributed by atoms with Gasteiger partial charge in [-0.15, -0.1) is 0 Å². The number of hydrogen-bond donors (Lipinski definition) is 1. The number of benzene rings is 1. The molecule has 1 atom stereocenters. The van der Waals surface area contributed by atoms with Crippen LogP contribution in [-0.4, -0.2) is 12.0 Å². The van der Waals surface area contributed by atoms with Crippen molar-refractivity contribution < 1.29 is 9.53 Å². The van der Waals surface area contributed by atoms with E-state index in [1.54, 1.807) is 0 Å². The van der Waals surface area contributed by atoms with Crippen LogP contribution in [0, 0.1) is 5.41 Å². The fourth-order valence-corrected chi connectivity index (χ4v) is 1.25. The second kappa shape index (κ2) is 5.89. The molecule has 1 amide bonds. The standard InChI is InChI=1S/C15H23NO2/c1-6-11(2)18-13-9-7-12(8-10-13)16-14(17)15(3,4)5/h7-11H,6H2,1-5H3,(H,16,17)/t11-/m0/s1. The van der Waals surface area contributed by atoms with Gasteiger partial charge in [0.1, 0.15) is 5.75 Å². The minimum atomic E-state index is -0.383. The van der Waals surface area contributed by atoms with Crippen LogP contribution in [0.25, 0.3) is 0 Å². The molecule has 0 fully saturated rings. The summed E-state index contributed by atoms with van der Waals surface area (Å²) in [6, 6.07) is 7.48. The Morgan fingerprint density at radius 1 is 1.28 bits per heavy atom. The maximum Gasteiger partial charge on any atom is 0.229 e. The Hall–Kier alpha value is -1.51. The normalized spacial score (nSPS) is 12.9. The van der Waals surface area contributed by atoms with Crippen molar-refractivity contribution in [3.8, 4) is 5.75 Å². The Labute approximate surface area is 110 Å². The smallest absolute Gasteiger partial charge is 0.229 e. The van der Waals surface area contributed by atoms with Gasteiger partial charge in [0.05, 0.1) is 6.10 Å². The zero-order valence-corrected chi connectivity index (χ0v) is 11.9. The molecule has 3 heteroatoms. The molecule has 1 rings (SSSR count). The highest BCUT2D eigenvalue weighted by Crippen LogP contribution is 2.20. The molecule has 1 aromatic carbocycles. The average molecular weight is 249 g/mol. The molecule has 0 aromatic heterocycles. The van der Waals surface area contributed by atoms with Crippen LogP contribution in [-0.2, 0) is 4.79 Å². The van der Waals surface area contributed by atoms with Crippen LogP contribution in [0.4, 0.5) is 5.69 Å². The van der Waals surface area contributed by atoms with Crippen LogP contribution in [0.5, 0.6) is 5.75 Å². The van der Waals surface area contributed by atoms with Crippen molar-refractivity contribution in [2.45, 2.75) is 47.1 Å². The summed E-state index contributed by atoms with van der Waals surface area (Å²) in [5.74, 6) is 0.844. The monoisotopic (exact) mass is 249 g/mol. The summed E-state index contributed by atoms with van der Waals surface area (Å²) in [6.45, 7) is 9.80.